The van der Waals surface area contributed by atoms with Crippen LogP contribution in [0, 0.1) is 0 Å². The van der Waals surface area contributed by atoms with E-state index in [1.54, 1.807) is 37.5 Å². The van der Waals surface area contributed by atoms with Gasteiger partial charge < -0.3 is 15.8 Å². The number of nitrogens with one attached hydrogen (secondary N) is 1. The summed E-state index contributed by atoms with van der Waals surface area (Å²) in [7, 11) is 1.61. The van der Waals surface area contributed by atoms with Crippen LogP contribution in [-0.4, -0.2) is 18.0 Å². The largest absolute Gasteiger partial charge is 0.398 e. The fourth-order valence-electron chi connectivity index (χ4n) is 2.54. The molecule has 0 radical (unpaired) electrons. The Morgan fingerprint density at radius 1 is 1.23 bits per heavy atom. The maximum absolute atomic E-state index is 12.1. The summed E-state index contributed by atoms with van der Waals surface area (Å²) in [5.41, 5.74) is 9.75. The second-order valence-electron chi connectivity index (χ2n) is 5.74. The fraction of sp³-hybridized carbons (Fsp3) is 0.100. The number of carbonyl (C=O) groups is 1. The van der Waals surface area contributed by atoms with Crippen molar-refractivity contribution in [2.24, 2.45) is 0 Å². The van der Waals surface area contributed by atoms with Crippen LogP contribution in [0.3, 0.4) is 0 Å². The van der Waals surface area contributed by atoms with E-state index in [1.807, 2.05) is 24.3 Å². The van der Waals surface area contributed by atoms with Crippen LogP contribution in [-0.2, 0) is 16.1 Å². The Morgan fingerprint density at radius 3 is 2.73 bits per heavy atom. The summed E-state index contributed by atoms with van der Waals surface area (Å²) in [6.45, 7) is 0.397. The second-order valence-corrected chi connectivity index (χ2v) is 6.18. The molecule has 3 aromatic rings. The molecule has 0 aliphatic heterocycles. The number of amides is 1. The molecule has 5 nitrogen and oxygen atoms in total. The first-order chi connectivity index (χ1) is 12.5. The summed E-state index contributed by atoms with van der Waals surface area (Å²) in [4.78, 5) is 16.6. The lowest BCUT2D eigenvalue weighted by Crippen LogP contribution is -2.08. The minimum absolute atomic E-state index is 0.234. The van der Waals surface area contributed by atoms with E-state index in [9.17, 15) is 4.79 Å². The maximum Gasteiger partial charge on any atom is 0.248 e. The number of rotatable bonds is 5. The van der Waals surface area contributed by atoms with E-state index in [1.165, 1.54) is 6.08 Å². The molecule has 0 spiro atoms. The number of nitrogen functional groups attached to an aromatic ring is 1. The highest BCUT2D eigenvalue weighted by atomic mass is 35.5. The van der Waals surface area contributed by atoms with Crippen LogP contribution < -0.4 is 11.1 Å². The summed E-state index contributed by atoms with van der Waals surface area (Å²) < 4.78 is 5.09. The van der Waals surface area contributed by atoms with Gasteiger partial charge in [0.05, 0.1) is 17.8 Å². The van der Waals surface area contributed by atoms with E-state index in [0.717, 1.165) is 22.2 Å². The van der Waals surface area contributed by atoms with Crippen LogP contribution in [0.2, 0.25) is 5.02 Å². The van der Waals surface area contributed by atoms with E-state index in [0.29, 0.717) is 23.0 Å². The maximum atomic E-state index is 12.1. The zero-order chi connectivity index (χ0) is 18.5. The Labute approximate surface area is 156 Å². The summed E-state index contributed by atoms with van der Waals surface area (Å²) >= 11 is 5.84. The van der Waals surface area contributed by atoms with Crippen molar-refractivity contribution in [3.05, 3.63) is 70.9 Å². The number of halogens is 1. The van der Waals surface area contributed by atoms with E-state index in [2.05, 4.69) is 10.3 Å². The van der Waals surface area contributed by atoms with Gasteiger partial charge in [0.15, 0.2) is 0 Å². The molecule has 0 aliphatic rings. The number of anilines is 2. The molecule has 0 bridgehead atoms. The van der Waals surface area contributed by atoms with Gasteiger partial charge in [0, 0.05) is 35.0 Å². The predicted molar refractivity (Wildman–Crippen MR) is 106 cm³/mol. The first-order valence-corrected chi connectivity index (χ1v) is 8.35. The fourth-order valence-corrected chi connectivity index (χ4v) is 2.66. The minimum Gasteiger partial charge on any atom is -0.398 e. The van der Waals surface area contributed by atoms with E-state index in [4.69, 9.17) is 22.1 Å². The zero-order valence-corrected chi connectivity index (χ0v) is 15.0. The van der Waals surface area contributed by atoms with Crippen molar-refractivity contribution >= 4 is 45.9 Å². The SMILES string of the molecule is COCc1cc(N)c2cc(NC(=O)/C=C/c3ccc(Cl)cc3)ccc2n1. The molecule has 6 heteroatoms. The molecule has 3 N–H and O–H groups in total. The van der Waals surface area contributed by atoms with Crippen molar-refractivity contribution in [2.75, 3.05) is 18.2 Å². The molecule has 26 heavy (non-hydrogen) atoms. The summed E-state index contributed by atoms with van der Waals surface area (Å²) in [5.74, 6) is -0.234. The van der Waals surface area contributed by atoms with Crippen molar-refractivity contribution in [3.8, 4) is 0 Å². The molecule has 132 valence electrons. The predicted octanol–water partition coefficient (Wildman–Crippen LogP) is 4.27. The minimum atomic E-state index is -0.234. The Morgan fingerprint density at radius 2 is 2.00 bits per heavy atom. The normalized spacial score (nSPS) is 11.2. The van der Waals surface area contributed by atoms with Gasteiger partial charge in [-0.1, -0.05) is 23.7 Å². The van der Waals surface area contributed by atoms with Crippen molar-refractivity contribution in [1.82, 2.24) is 4.98 Å². The number of nitrogens with two attached hydrogens (primary N) is 1. The van der Waals surface area contributed by atoms with Gasteiger partial charge in [-0.3, -0.25) is 9.78 Å². The van der Waals surface area contributed by atoms with Crippen LogP contribution >= 0.6 is 11.6 Å². The number of pyridine rings is 1. The van der Waals surface area contributed by atoms with Crippen LogP contribution in [0.25, 0.3) is 17.0 Å². The van der Waals surface area contributed by atoms with Gasteiger partial charge in [0.2, 0.25) is 5.91 Å². The monoisotopic (exact) mass is 367 g/mol. The molecule has 0 saturated carbocycles. The average molecular weight is 368 g/mol. The summed E-state index contributed by atoms with van der Waals surface area (Å²) in [6, 6.07) is 14.4. The number of aromatic nitrogens is 1. The summed E-state index contributed by atoms with van der Waals surface area (Å²) in [6.07, 6.45) is 3.19. The lowest BCUT2D eigenvalue weighted by Gasteiger charge is -2.08. The third kappa shape index (κ3) is 4.39. The van der Waals surface area contributed by atoms with Crippen molar-refractivity contribution < 1.29 is 9.53 Å². The number of carbonyl (C=O) groups excluding carboxylic acids is 1. The van der Waals surface area contributed by atoms with Gasteiger partial charge in [-0.05, 0) is 48.0 Å². The molecule has 2 aromatic carbocycles. The van der Waals surface area contributed by atoms with E-state index < -0.39 is 0 Å². The number of ether oxygens (including phenoxy) is 1. The number of benzene rings is 2. The molecule has 1 heterocycles. The molecule has 1 aromatic heterocycles. The van der Waals surface area contributed by atoms with Gasteiger partial charge in [0.25, 0.3) is 0 Å². The van der Waals surface area contributed by atoms with Crippen molar-refractivity contribution in [3.63, 3.8) is 0 Å². The standard InChI is InChI=1S/C20H18ClN3O2/c1-26-12-16-11-18(22)17-10-15(7-8-19(17)23-16)24-20(25)9-4-13-2-5-14(21)6-3-13/h2-11H,12H2,1H3,(H2,22,23)(H,24,25)/b9-4+. The Bertz CT molecular complexity index is 969. The molecular weight excluding hydrogens is 350 g/mol. The lowest BCUT2D eigenvalue weighted by atomic mass is 10.1. The highest BCUT2D eigenvalue weighted by Gasteiger charge is 2.06. The zero-order valence-electron chi connectivity index (χ0n) is 14.2. The summed E-state index contributed by atoms with van der Waals surface area (Å²) in [5, 5.41) is 4.26. The first-order valence-electron chi connectivity index (χ1n) is 7.98. The second kappa shape index (κ2) is 7.99. The number of nitrogens with zero attached hydrogens (tertiary/aromatic N) is 1. The number of methoxy groups -OCH3 is 1. The number of fused-ring (bicyclic) bond motifs is 1. The number of hydrogen-bond donors (Lipinski definition) is 2. The Kier molecular flexibility index (Phi) is 5.51. The third-order valence-corrected chi connectivity index (χ3v) is 4.00. The molecule has 0 aliphatic carbocycles. The highest BCUT2D eigenvalue weighted by Crippen LogP contribution is 2.24. The smallest absolute Gasteiger partial charge is 0.248 e. The van der Waals surface area contributed by atoms with Gasteiger partial charge in [-0.15, -0.1) is 0 Å². The van der Waals surface area contributed by atoms with Gasteiger partial charge in [-0.2, -0.15) is 0 Å². The van der Waals surface area contributed by atoms with Crippen LogP contribution in [0.5, 0.6) is 0 Å². The molecule has 3 rings (SSSR count). The van der Waals surface area contributed by atoms with Gasteiger partial charge in [-0.25, -0.2) is 0 Å². The molecule has 0 unspecified atom stereocenters. The average Bonchev–Trinajstić information content (AvgIpc) is 2.62. The third-order valence-electron chi connectivity index (χ3n) is 3.75. The van der Waals surface area contributed by atoms with Gasteiger partial charge >= 0.3 is 0 Å². The van der Waals surface area contributed by atoms with Gasteiger partial charge in [0.1, 0.15) is 0 Å². The van der Waals surface area contributed by atoms with Crippen LogP contribution in [0.4, 0.5) is 11.4 Å². The van der Waals surface area contributed by atoms with Crippen molar-refractivity contribution in [2.45, 2.75) is 6.61 Å². The Balaban J connectivity index is 1.75. The quantitative estimate of drug-likeness (QED) is 0.660. The van der Waals surface area contributed by atoms with Crippen LogP contribution in [0.1, 0.15) is 11.3 Å². The molecular formula is C20H18ClN3O2. The number of hydrogen-bond acceptors (Lipinski definition) is 4. The van der Waals surface area contributed by atoms with Crippen molar-refractivity contribution in [1.29, 1.82) is 0 Å². The van der Waals surface area contributed by atoms with E-state index >= 15 is 0 Å². The lowest BCUT2D eigenvalue weighted by molar-refractivity contribution is -0.111. The first kappa shape index (κ1) is 17.9. The highest BCUT2D eigenvalue weighted by molar-refractivity contribution is 6.30. The van der Waals surface area contributed by atoms with E-state index in [-0.39, 0.29) is 5.91 Å². The molecule has 1 amide bonds. The topological polar surface area (TPSA) is 77.2 Å². The Hall–Kier alpha value is -2.89. The molecule has 0 fully saturated rings. The molecule has 0 atom stereocenters. The molecule has 0 saturated heterocycles. The van der Waals surface area contributed by atoms with Crippen LogP contribution in [0.15, 0.2) is 54.6 Å².